The molecule has 1 heterocycles. The first-order chi connectivity index (χ1) is 5.59. The smallest absolute Gasteiger partial charge is 0.232 e. The van der Waals surface area contributed by atoms with Gasteiger partial charge in [-0.1, -0.05) is 13.8 Å². The van der Waals surface area contributed by atoms with Crippen molar-refractivity contribution in [2.75, 3.05) is 12.4 Å². The maximum Gasteiger partial charge on any atom is 0.232 e. The molecule has 0 aromatic rings. The van der Waals surface area contributed by atoms with Gasteiger partial charge in [0.2, 0.25) is 11.8 Å². The third-order valence-electron chi connectivity index (χ3n) is 2.37. The number of imide groups is 1. The Morgan fingerprint density at radius 2 is 1.67 bits per heavy atom. The van der Waals surface area contributed by atoms with Crippen molar-refractivity contribution in [1.29, 1.82) is 0 Å². The van der Waals surface area contributed by atoms with E-state index in [1.165, 1.54) is 4.90 Å². The molecular formula is C8H12ClNO2. The van der Waals surface area contributed by atoms with Crippen LogP contribution < -0.4 is 0 Å². The number of rotatable bonds is 2. The van der Waals surface area contributed by atoms with Gasteiger partial charge in [0.15, 0.2) is 0 Å². The van der Waals surface area contributed by atoms with Crippen molar-refractivity contribution in [3.05, 3.63) is 0 Å². The molecule has 0 aromatic heterocycles. The topological polar surface area (TPSA) is 37.4 Å². The van der Waals surface area contributed by atoms with Crippen molar-refractivity contribution in [2.45, 2.75) is 13.8 Å². The van der Waals surface area contributed by atoms with E-state index in [1.54, 1.807) is 13.8 Å². The first-order valence-corrected chi connectivity index (χ1v) is 4.54. The summed E-state index contributed by atoms with van der Waals surface area (Å²) in [6, 6.07) is 0. The normalized spacial score (nSPS) is 30.1. The van der Waals surface area contributed by atoms with E-state index in [0.29, 0.717) is 12.4 Å². The monoisotopic (exact) mass is 189 g/mol. The fourth-order valence-electron chi connectivity index (χ4n) is 1.33. The number of halogens is 1. The van der Waals surface area contributed by atoms with E-state index in [1.807, 2.05) is 0 Å². The average molecular weight is 190 g/mol. The molecule has 0 spiro atoms. The molecule has 0 N–H and O–H groups in total. The third-order valence-corrected chi connectivity index (χ3v) is 2.54. The van der Waals surface area contributed by atoms with Crippen LogP contribution in [0, 0.1) is 11.8 Å². The molecule has 2 unspecified atom stereocenters. The number of likely N-dealkylation sites (tertiary alicyclic amines) is 1. The summed E-state index contributed by atoms with van der Waals surface area (Å²) in [7, 11) is 0. The highest BCUT2D eigenvalue weighted by Gasteiger charge is 2.41. The molecule has 0 aliphatic carbocycles. The Morgan fingerprint density at radius 1 is 1.25 bits per heavy atom. The standard InChI is InChI=1S/C8H12ClNO2/c1-5-6(2)8(12)10(4-3-9)7(5)11/h5-6H,3-4H2,1-2H3. The van der Waals surface area contributed by atoms with Crippen molar-refractivity contribution < 1.29 is 9.59 Å². The lowest BCUT2D eigenvalue weighted by molar-refractivity contribution is -0.139. The first-order valence-electron chi connectivity index (χ1n) is 4.00. The molecule has 0 aromatic carbocycles. The minimum absolute atomic E-state index is 0.0897. The van der Waals surface area contributed by atoms with Crippen LogP contribution in [0.25, 0.3) is 0 Å². The van der Waals surface area contributed by atoms with Crippen molar-refractivity contribution in [2.24, 2.45) is 11.8 Å². The maximum atomic E-state index is 11.4. The van der Waals surface area contributed by atoms with Crippen molar-refractivity contribution in [3.8, 4) is 0 Å². The van der Waals surface area contributed by atoms with E-state index in [2.05, 4.69) is 0 Å². The van der Waals surface area contributed by atoms with Crippen LogP contribution in [0.5, 0.6) is 0 Å². The number of carbonyl (C=O) groups excluding carboxylic acids is 2. The minimum atomic E-state index is -0.180. The summed E-state index contributed by atoms with van der Waals surface area (Å²) in [6.45, 7) is 3.90. The molecule has 1 fully saturated rings. The van der Waals surface area contributed by atoms with E-state index < -0.39 is 0 Å². The van der Waals surface area contributed by atoms with Gasteiger partial charge in [-0.2, -0.15) is 0 Å². The van der Waals surface area contributed by atoms with Gasteiger partial charge >= 0.3 is 0 Å². The summed E-state index contributed by atoms with van der Waals surface area (Å²) in [5.41, 5.74) is 0. The molecule has 2 amide bonds. The number of hydrogen-bond donors (Lipinski definition) is 0. The van der Waals surface area contributed by atoms with E-state index in [4.69, 9.17) is 11.6 Å². The Balaban J connectivity index is 2.76. The van der Waals surface area contributed by atoms with Crippen LogP contribution in [0.4, 0.5) is 0 Å². The Morgan fingerprint density at radius 3 is 2.00 bits per heavy atom. The fraction of sp³-hybridized carbons (Fsp3) is 0.750. The number of carbonyl (C=O) groups is 2. The molecule has 12 heavy (non-hydrogen) atoms. The molecule has 1 aliphatic rings. The van der Waals surface area contributed by atoms with Gasteiger partial charge in [-0.15, -0.1) is 11.6 Å². The molecule has 0 radical (unpaired) electrons. The number of alkyl halides is 1. The largest absolute Gasteiger partial charge is 0.281 e. The average Bonchev–Trinajstić information content (AvgIpc) is 2.23. The molecule has 2 atom stereocenters. The zero-order valence-corrected chi connectivity index (χ0v) is 7.97. The summed E-state index contributed by atoms with van der Waals surface area (Å²) >= 11 is 5.46. The fourth-order valence-corrected chi connectivity index (χ4v) is 1.50. The van der Waals surface area contributed by atoms with Crippen LogP contribution in [0.2, 0.25) is 0 Å². The van der Waals surface area contributed by atoms with Crippen LogP contribution in [-0.2, 0) is 9.59 Å². The van der Waals surface area contributed by atoms with Crippen LogP contribution in [0.15, 0.2) is 0 Å². The highest BCUT2D eigenvalue weighted by molar-refractivity contribution is 6.18. The van der Waals surface area contributed by atoms with E-state index in [9.17, 15) is 9.59 Å². The predicted octanol–water partition coefficient (Wildman–Crippen LogP) is 0.866. The summed E-state index contributed by atoms with van der Waals surface area (Å²) in [4.78, 5) is 24.0. The molecule has 0 bridgehead atoms. The summed E-state index contributed by atoms with van der Waals surface area (Å²) in [5.74, 6) is -0.223. The summed E-state index contributed by atoms with van der Waals surface area (Å²) in [6.07, 6.45) is 0. The second-order valence-electron chi connectivity index (χ2n) is 3.09. The molecule has 1 rings (SSSR count). The van der Waals surface area contributed by atoms with Crippen molar-refractivity contribution in [1.82, 2.24) is 4.90 Å². The highest BCUT2D eigenvalue weighted by atomic mass is 35.5. The highest BCUT2D eigenvalue weighted by Crippen LogP contribution is 2.24. The van der Waals surface area contributed by atoms with Crippen molar-refractivity contribution >= 4 is 23.4 Å². The molecule has 68 valence electrons. The third kappa shape index (κ3) is 1.33. The van der Waals surface area contributed by atoms with Crippen LogP contribution in [-0.4, -0.2) is 29.1 Å². The molecule has 1 saturated heterocycles. The lowest BCUT2D eigenvalue weighted by Crippen LogP contribution is -2.32. The van der Waals surface area contributed by atoms with Gasteiger partial charge in [-0.25, -0.2) is 0 Å². The Labute approximate surface area is 76.7 Å². The summed E-state index contributed by atoms with van der Waals surface area (Å²) in [5, 5.41) is 0. The molecule has 0 saturated carbocycles. The molecule has 1 aliphatic heterocycles. The molecule has 3 nitrogen and oxygen atoms in total. The Kier molecular flexibility index (Phi) is 2.73. The van der Waals surface area contributed by atoms with Gasteiger partial charge < -0.3 is 0 Å². The van der Waals surface area contributed by atoms with Crippen LogP contribution in [0.3, 0.4) is 0 Å². The maximum absolute atomic E-state index is 11.4. The SMILES string of the molecule is CC1C(=O)N(CCCl)C(=O)C1C. The predicted molar refractivity (Wildman–Crippen MR) is 45.8 cm³/mol. The van der Waals surface area contributed by atoms with Gasteiger partial charge in [-0.3, -0.25) is 14.5 Å². The van der Waals surface area contributed by atoms with Gasteiger partial charge in [0.25, 0.3) is 0 Å². The number of amides is 2. The quantitative estimate of drug-likeness (QED) is 0.478. The number of hydrogen-bond acceptors (Lipinski definition) is 2. The van der Waals surface area contributed by atoms with E-state index in [0.717, 1.165) is 0 Å². The van der Waals surface area contributed by atoms with Crippen LogP contribution in [0.1, 0.15) is 13.8 Å². The van der Waals surface area contributed by atoms with Crippen LogP contribution >= 0.6 is 11.6 Å². The zero-order chi connectivity index (χ0) is 9.30. The lowest BCUT2D eigenvalue weighted by atomic mass is 10.00. The van der Waals surface area contributed by atoms with Gasteiger partial charge in [-0.05, 0) is 0 Å². The van der Waals surface area contributed by atoms with Crippen molar-refractivity contribution in [3.63, 3.8) is 0 Å². The molecule has 4 heteroatoms. The lowest BCUT2D eigenvalue weighted by Gasteiger charge is -2.11. The number of nitrogens with zero attached hydrogens (tertiary/aromatic N) is 1. The first kappa shape index (κ1) is 9.52. The second kappa shape index (κ2) is 3.44. The van der Waals surface area contributed by atoms with E-state index >= 15 is 0 Å². The Bertz CT molecular complexity index is 197. The molecular weight excluding hydrogens is 178 g/mol. The van der Waals surface area contributed by atoms with E-state index in [-0.39, 0.29) is 23.7 Å². The second-order valence-corrected chi connectivity index (χ2v) is 3.47. The minimum Gasteiger partial charge on any atom is -0.281 e. The van der Waals surface area contributed by atoms with Gasteiger partial charge in [0.1, 0.15) is 0 Å². The summed E-state index contributed by atoms with van der Waals surface area (Å²) < 4.78 is 0. The van der Waals surface area contributed by atoms with Gasteiger partial charge in [0, 0.05) is 24.3 Å². The zero-order valence-electron chi connectivity index (χ0n) is 7.21. The van der Waals surface area contributed by atoms with Gasteiger partial charge in [0.05, 0.1) is 0 Å². The Hall–Kier alpha value is -0.570.